The Hall–Kier alpha value is -2.92. The topological polar surface area (TPSA) is 46.6 Å². The van der Waals surface area contributed by atoms with Crippen LogP contribution in [0.25, 0.3) is 5.70 Å². The van der Waals surface area contributed by atoms with Crippen molar-refractivity contribution in [1.29, 1.82) is 0 Å². The lowest BCUT2D eigenvalue weighted by Gasteiger charge is -2.26. The Labute approximate surface area is 160 Å². The molecule has 0 saturated carbocycles. The monoisotopic (exact) mass is 377 g/mol. The third kappa shape index (κ3) is 4.09. The number of nitrogens with zero attached hydrogens (tertiary/aromatic N) is 1. The van der Waals surface area contributed by atoms with Gasteiger partial charge in [0.25, 0.3) is 0 Å². The minimum absolute atomic E-state index is 0.00771. The van der Waals surface area contributed by atoms with Gasteiger partial charge in [0.1, 0.15) is 0 Å². The molecule has 0 atom stereocenters. The predicted octanol–water partition coefficient (Wildman–Crippen LogP) is 4.66. The summed E-state index contributed by atoms with van der Waals surface area (Å²) < 4.78 is 4.77. The van der Waals surface area contributed by atoms with E-state index in [9.17, 15) is 9.59 Å². The van der Waals surface area contributed by atoms with Crippen LogP contribution in [-0.4, -0.2) is 26.9 Å². The molecule has 0 bridgehead atoms. The van der Waals surface area contributed by atoms with Gasteiger partial charge in [-0.15, -0.1) is 0 Å². The highest BCUT2D eigenvalue weighted by atomic mass is 28.3. The lowest BCUT2D eigenvalue weighted by Crippen LogP contribution is -2.25. The van der Waals surface area contributed by atoms with Crippen molar-refractivity contribution in [2.75, 3.05) is 12.0 Å². The quantitative estimate of drug-likeness (QED) is 0.441. The number of anilines is 1. The second kappa shape index (κ2) is 7.37. The number of methoxy groups -OCH3 is 1. The maximum Gasteiger partial charge on any atom is 0.337 e. The van der Waals surface area contributed by atoms with Gasteiger partial charge in [-0.3, -0.25) is 4.79 Å². The van der Waals surface area contributed by atoms with Crippen molar-refractivity contribution in [3.63, 3.8) is 0 Å². The summed E-state index contributed by atoms with van der Waals surface area (Å²) in [6.45, 7) is 6.60. The van der Waals surface area contributed by atoms with Crippen LogP contribution in [0.1, 0.15) is 15.9 Å². The zero-order valence-corrected chi connectivity index (χ0v) is 17.0. The summed E-state index contributed by atoms with van der Waals surface area (Å²) in [6, 6.07) is 17.0. The molecule has 5 heteroatoms. The number of esters is 1. The Morgan fingerprint density at radius 1 is 1.00 bits per heavy atom. The van der Waals surface area contributed by atoms with E-state index in [0.29, 0.717) is 11.3 Å². The molecule has 0 N–H and O–H groups in total. The standard InChI is InChI=1S/C22H23NO3Si/c1-26-22(25)17-10-12-18(13-11-17)23-19(16-8-6-5-7-9-16)14-21(24)20(23)15-27(2,3)4/h5-15H,1-4H3/b20-15+. The summed E-state index contributed by atoms with van der Waals surface area (Å²) >= 11 is 0. The molecule has 0 unspecified atom stereocenters. The molecule has 1 aliphatic rings. The van der Waals surface area contributed by atoms with Gasteiger partial charge in [0.2, 0.25) is 5.78 Å². The van der Waals surface area contributed by atoms with E-state index in [1.165, 1.54) is 7.11 Å². The van der Waals surface area contributed by atoms with Gasteiger partial charge in [-0.2, -0.15) is 0 Å². The first kappa shape index (κ1) is 18.9. The van der Waals surface area contributed by atoms with Crippen LogP contribution in [0.3, 0.4) is 0 Å². The Morgan fingerprint density at radius 3 is 2.19 bits per heavy atom. The van der Waals surface area contributed by atoms with Crippen molar-refractivity contribution in [2.24, 2.45) is 0 Å². The SMILES string of the molecule is COC(=O)c1ccc(N2C(c3ccccc3)=CC(=O)/C2=C\[Si](C)(C)C)cc1. The van der Waals surface area contributed by atoms with Crippen LogP contribution in [0, 0.1) is 0 Å². The van der Waals surface area contributed by atoms with E-state index < -0.39 is 8.07 Å². The van der Waals surface area contributed by atoms with Gasteiger partial charge >= 0.3 is 5.97 Å². The first-order valence-corrected chi connectivity index (χ1v) is 12.4. The van der Waals surface area contributed by atoms with Gasteiger partial charge < -0.3 is 9.64 Å². The molecule has 3 rings (SSSR count). The van der Waals surface area contributed by atoms with Crippen molar-refractivity contribution < 1.29 is 14.3 Å². The van der Waals surface area contributed by atoms with Crippen molar-refractivity contribution in [1.82, 2.24) is 0 Å². The molecule has 2 aromatic rings. The second-order valence-electron chi connectivity index (χ2n) is 7.53. The highest BCUT2D eigenvalue weighted by Crippen LogP contribution is 2.36. The van der Waals surface area contributed by atoms with Gasteiger partial charge in [-0.05, 0) is 29.8 Å². The van der Waals surface area contributed by atoms with Crippen LogP contribution >= 0.6 is 0 Å². The number of carbonyl (C=O) groups excluding carboxylic acids is 2. The number of allylic oxidation sites excluding steroid dienone is 1. The number of carbonyl (C=O) groups is 2. The van der Waals surface area contributed by atoms with Crippen LogP contribution in [0.2, 0.25) is 19.6 Å². The number of benzene rings is 2. The van der Waals surface area contributed by atoms with Crippen LogP contribution in [0.15, 0.2) is 72.1 Å². The molecule has 0 fully saturated rings. The Balaban J connectivity index is 2.10. The molecule has 27 heavy (non-hydrogen) atoms. The zero-order chi connectivity index (χ0) is 19.6. The Bertz CT molecular complexity index is 922. The Morgan fingerprint density at radius 2 is 1.63 bits per heavy atom. The lowest BCUT2D eigenvalue weighted by atomic mass is 10.1. The van der Waals surface area contributed by atoms with Gasteiger partial charge in [0.05, 0.1) is 32.1 Å². The van der Waals surface area contributed by atoms with Gasteiger partial charge in [-0.25, -0.2) is 4.79 Å². The summed E-state index contributed by atoms with van der Waals surface area (Å²) in [6.07, 6.45) is 1.69. The van der Waals surface area contributed by atoms with E-state index >= 15 is 0 Å². The van der Waals surface area contributed by atoms with Gasteiger partial charge in [0.15, 0.2) is 0 Å². The summed E-state index contributed by atoms with van der Waals surface area (Å²) in [7, 11) is -0.274. The highest BCUT2D eigenvalue weighted by molar-refractivity contribution is 6.81. The van der Waals surface area contributed by atoms with E-state index in [1.54, 1.807) is 18.2 Å². The maximum absolute atomic E-state index is 12.8. The summed E-state index contributed by atoms with van der Waals surface area (Å²) in [5, 5.41) is 0. The van der Waals surface area contributed by atoms with Crippen molar-refractivity contribution in [3.05, 3.63) is 83.2 Å². The average molecular weight is 378 g/mol. The fourth-order valence-electron chi connectivity index (χ4n) is 3.01. The lowest BCUT2D eigenvalue weighted by molar-refractivity contribution is -0.111. The maximum atomic E-state index is 12.8. The fraction of sp³-hybridized carbons (Fsp3) is 0.182. The van der Waals surface area contributed by atoms with Crippen molar-refractivity contribution in [3.8, 4) is 0 Å². The third-order valence-corrected chi connectivity index (χ3v) is 5.33. The smallest absolute Gasteiger partial charge is 0.337 e. The van der Waals surface area contributed by atoms with E-state index in [0.717, 1.165) is 16.9 Å². The largest absolute Gasteiger partial charge is 0.465 e. The normalized spacial score (nSPS) is 15.9. The second-order valence-corrected chi connectivity index (χ2v) is 12.6. The molecule has 1 heterocycles. The number of ketones is 1. The molecule has 2 aromatic carbocycles. The first-order chi connectivity index (χ1) is 12.8. The molecule has 138 valence electrons. The Kier molecular flexibility index (Phi) is 5.14. The predicted molar refractivity (Wildman–Crippen MR) is 111 cm³/mol. The van der Waals surface area contributed by atoms with Crippen molar-refractivity contribution >= 4 is 31.2 Å². The fourth-order valence-corrected chi connectivity index (χ4v) is 4.10. The zero-order valence-electron chi connectivity index (χ0n) is 16.0. The van der Waals surface area contributed by atoms with Crippen LogP contribution < -0.4 is 4.90 Å². The van der Waals surface area contributed by atoms with E-state index in [-0.39, 0.29) is 11.8 Å². The first-order valence-electron chi connectivity index (χ1n) is 8.83. The number of hydrogen-bond acceptors (Lipinski definition) is 4. The molecule has 0 aromatic heterocycles. The molecular weight excluding hydrogens is 354 g/mol. The van der Waals surface area contributed by atoms with Crippen molar-refractivity contribution in [2.45, 2.75) is 19.6 Å². The molecule has 0 radical (unpaired) electrons. The minimum atomic E-state index is -1.64. The summed E-state index contributed by atoms with van der Waals surface area (Å²) in [4.78, 5) is 26.5. The summed E-state index contributed by atoms with van der Waals surface area (Å²) in [5.74, 6) is -0.371. The molecule has 0 amide bonds. The van der Waals surface area contributed by atoms with E-state index in [1.807, 2.05) is 47.4 Å². The minimum Gasteiger partial charge on any atom is -0.465 e. The molecule has 0 saturated heterocycles. The van der Waals surface area contributed by atoms with Gasteiger partial charge in [-0.1, -0.05) is 55.7 Å². The number of hydrogen-bond donors (Lipinski definition) is 0. The van der Waals surface area contributed by atoms with Crippen LogP contribution in [0.5, 0.6) is 0 Å². The van der Waals surface area contributed by atoms with Crippen LogP contribution in [-0.2, 0) is 9.53 Å². The molecule has 0 spiro atoms. The molecule has 4 nitrogen and oxygen atoms in total. The molecule has 0 aliphatic carbocycles. The van der Waals surface area contributed by atoms with Crippen LogP contribution in [0.4, 0.5) is 5.69 Å². The van der Waals surface area contributed by atoms with E-state index in [2.05, 4.69) is 25.3 Å². The number of rotatable bonds is 4. The average Bonchev–Trinajstić information content (AvgIpc) is 2.97. The molecular formula is C22H23NO3Si. The van der Waals surface area contributed by atoms with E-state index in [4.69, 9.17) is 4.74 Å². The number of ether oxygens (including phenoxy) is 1. The summed E-state index contributed by atoms with van der Waals surface area (Å²) in [5.41, 5.74) is 5.94. The van der Waals surface area contributed by atoms with Gasteiger partial charge in [0, 0.05) is 11.8 Å². The third-order valence-electron chi connectivity index (χ3n) is 4.19. The highest BCUT2D eigenvalue weighted by Gasteiger charge is 2.31. The molecule has 1 aliphatic heterocycles.